The van der Waals surface area contributed by atoms with Gasteiger partial charge in [0, 0.05) is 117 Å². The quantitative estimate of drug-likeness (QED) is 0.00685. The monoisotopic (exact) mass is 1850 g/mol. The van der Waals surface area contributed by atoms with E-state index < -0.39 is 38.0 Å². The Hall–Kier alpha value is -2.48. The number of hydrogen-bond donors (Lipinski definition) is 6. The summed E-state index contributed by atoms with van der Waals surface area (Å²) in [5, 5.41) is 42.1. The number of ketones is 1. The Balaban J connectivity index is 0.000000238. The predicted molar refractivity (Wildman–Crippen MR) is 481 cm³/mol. The molecule has 0 aromatic rings. The third kappa shape index (κ3) is 33.6. The number of carbonyl (C=O) groups is 6. The molecule has 0 aromatic carbocycles. The Morgan fingerprint density at radius 1 is 0.555 bits per heavy atom. The van der Waals surface area contributed by atoms with Crippen LogP contribution in [0.25, 0.3) is 0 Å². The second-order valence-electron chi connectivity index (χ2n) is 37.8. The van der Waals surface area contributed by atoms with Gasteiger partial charge in [0.15, 0.2) is 0 Å². The van der Waals surface area contributed by atoms with Crippen LogP contribution in [0.15, 0.2) is 11.6 Å². The number of nitrogens with two attached hydrogens (primary N) is 2. The van der Waals surface area contributed by atoms with Crippen molar-refractivity contribution in [2.24, 2.45) is 140 Å². The number of halogens is 3. The van der Waals surface area contributed by atoms with Crippen LogP contribution < -0.4 is 16.8 Å². The van der Waals surface area contributed by atoms with Gasteiger partial charge in [0.25, 0.3) is 20.2 Å². The summed E-state index contributed by atoms with van der Waals surface area (Å²) in [6, 6.07) is 0. The number of fused-ring (bicyclic) bond motifs is 6. The van der Waals surface area contributed by atoms with Crippen LogP contribution in [-0.2, 0) is 71.6 Å². The molecule has 15 aliphatic carbocycles. The lowest BCUT2D eigenvalue weighted by molar-refractivity contribution is -0.497. The van der Waals surface area contributed by atoms with Gasteiger partial charge in [0.05, 0.1) is 64.8 Å². The number of Topliss-reactive ketones (excluding diaryl/α,β-unsaturated/α-hetero) is 1. The maximum Gasteiger partial charge on any atom is 0.330 e. The molecule has 36 heteroatoms. The van der Waals surface area contributed by atoms with Crippen molar-refractivity contribution in [3.8, 4) is 0 Å². The van der Waals surface area contributed by atoms with Crippen LogP contribution in [0.2, 0.25) is 0 Å². The van der Waals surface area contributed by atoms with E-state index in [1.54, 1.807) is 13.0 Å². The molecule has 1 aliphatic heterocycles. The number of aliphatic hydroxyl groups is 2. The SMILES string of the molecule is BrC[C@@H]1CC[C@H]1CBr.C.CCOC(=O)C=C1C[C@@H]2CC[C@H]2C1.CCOC(=O)CC1(CN)C[C@@H]2CC[C@H]2C1.CCOC(=O)CC1(C[N+](=O)[O-])C[C@@H]2CC[C@H]2C1.CS(=O)(=O)OC[C@@H]1CC[C@H]1COS(C)(=O)=O.Cl.NCC1(CC(=O)O)C[C@H]2CC[C@H]2C1.O=C1CC2(CN1)C[C@@H]1CC[C@H]1C2.O=C1C[C@@H]2CC[C@H]2C1.OC[C@@H]1CC[C@H]1CO.[B][B]B([B])B([B])[B]. The molecule has 1 spiro atoms. The van der Waals surface area contributed by atoms with Crippen LogP contribution in [0.4, 0.5) is 0 Å². The van der Waals surface area contributed by atoms with Crippen molar-refractivity contribution in [2.45, 2.75) is 247 Å². The highest BCUT2D eigenvalue weighted by atomic mass is 79.9. The van der Waals surface area contributed by atoms with Crippen LogP contribution >= 0.6 is 44.3 Å². The normalized spacial score (nSPS) is 32.3. The van der Waals surface area contributed by atoms with Gasteiger partial charge in [-0.25, -0.2) is 4.79 Å². The minimum atomic E-state index is -3.42. The molecule has 16 fully saturated rings. The molecule has 16 aliphatic rings. The van der Waals surface area contributed by atoms with Crippen LogP contribution in [0.5, 0.6) is 0 Å². The zero-order valence-corrected chi connectivity index (χ0v) is 76.7. The number of esters is 3. The van der Waals surface area contributed by atoms with Gasteiger partial charge < -0.3 is 46.3 Å². The molecular formula is C83H141B7Br2ClN4O20S2. The van der Waals surface area contributed by atoms with Gasteiger partial charge in [0.2, 0.25) is 12.5 Å². The first kappa shape index (κ1) is 107. The topological polar surface area (TPSA) is 385 Å². The molecule has 24 nitrogen and oxygen atoms in total. The highest BCUT2D eigenvalue weighted by molar-refractivity contribution is 9.09. The van der Waals surface area contributed by atoms with Crippen molar-refractivity contribution < 1.29 is 88.4 Å². The molecule has 0 bridgehead atoms. The lowest BCUT2D eigenvalue weighted by Crippen LogP contribution is -2.43. The summed E-state index contributed by atoms with van der Waals surface area (Å²) in [7, 11) is 14.8. The van der Waals surface area contributed by atoms with Crippen molar-refractivity contribution in [1.82, 2.24) is 5.32 Å². The molecule has 0 aromatic heterocycles. The summed E-state index contributed by atoms with van der Waals surface area (Å²) < 4.78 is 67.2. The van der Waals surface area contributed by atoms with Crippen molar-refractivity contribution in [3.63, 3.8) is 0 Å². The highest BCUT2D eigenvalue weighted by Crippen LogP contribution is 2.60. The Kier molecular flexibility index (Phi) is 45.8. The van der Waals surface area contributed by atoms with E-state index >= 15 is 0 Å². The fourth-order valence-corrected chi connectivity index (χ4v) is 23.8. The number of aliphatic carboxylic acids is 1. The summed E-state index contributed by atoms with van der Waals surface area (Å²) in [6.07, 6.45) is 40.1. The number of amides is 1. The van der Waals surface area contributed by atoms with Gasteiger partial charge in [-0.1, -0.05) is 44.9 Å². The van der Waals surface area contributed by atoms with Gasteiger partial charge in [-0.05, 0) is 336 Å². The fraction of sp³-hybridized carbons (Fsp3) is 0.904. The van der Waals surface area contributed by atoms with Crippen LogP contribution in [-0.4, -0.2) is 219 Å². The molecule has 16 rings (SSSR count). The summed E-state index contributed by atoms with van der Waals surface area (Å²) in [4.78, 5) is 77.3. The van der Waals surface area contributed by atoms with Gasteiger partial charge in [-0.2, -0.15) is 16.8 Å². The first-order valence-corrected chi connectivity index (χ1v) is 49.8. The van der Waals surface area contributed by atoms with E-state index in [1.165, 1.54) is 126 Å². The molecule has 667 valence electrons. The zero-order valence-electron chi connectivity index (χ0n) is 71.1. The molecule has 19 atom stereocenters. The maximum atomic E-state index is 11.6. The third-order valence-electron chi connectivity index (χ3n) is 29.6. The van der Waals surface area contributed by atoms with E-state index in [0.717, 1.165) is 186 Å². The smallest absolute Gasteiger partial charge is 0.330 e. The van der Waals surface area contributed by atoms with E-state index in [-0.39, 0.29) is 123 Å². The number of nitrogens with one attached hydrogen (secondary N) is 1. The van der Waals surface area contributed by atoms with Gasteiger partial charge >= 0.3 is 23.9 Å². The minimum Gasteiger partial charge on any atom is -0.481 e. The number of carboxylic acid groups (broad SMARTS) is 1. The number of alkyl halides is 2. The molecule has 1 amide bonds. The molecule has 8 N–H and O–H groups in total. The molecule has 15 saturated carbocycles. The number of ether oxygens (including phenoxy) is 3. The van der Waals surface area contributed by atoms with Gasteiger partial charge in [-0.3, -0.25) is 42.5 Å². The van der Waals surface area contributed by atoms with E-state index in [2.05, 4.69) is 45.5 Å². The number of carbonyl (C=O) groups excluding carboxylic acids is 5. The minimum absolute atomic E-state index is 0. The third-order valence-corrected chi connectivity index (χ3v) is 32.4. The van der Waals surface area contributed by atoms with E-state index in [0.29, 0.717) is 74.2 Å². The summed E-state index contributed by atoms with van der Waals surface area (Å²) in [5.74, 6) is 12.4. The van der Waals surface area contributed by atoms with Crippen molar-refractivity contribution >= 4 is 151 Å². The zero-order chi connectivity index (χ0) is 86.1. The second kappa shape index (κ2) is 50.9. The number of carboxylic acids is 1. The van der Waals surface area contributed by atoms with E-state index in [9.17, 15) is 55.7 Å². The Bertz CT molecular complexity index is 3300. The molecule has 1 heterocycles. The summed E-state index contributed by atoms with van der Waals surface area (Å²) in [6.45, 7) is 9.56. The first-order chi connectivity index (χ1) is 55.4. The number of nitrogens with zero attached hydrogens (tertiary/aromatic N) is 1. The van der Waals surface area contributed by atoms with Gasteiger partial charge in [-0.15, -0.1) is 12.4 Å². The van der Waals surface area contributed by atoms with E-state index in [4.69, 9.17) is 71.9 Å². The highest BCUT2D eigenvalue weighted by Gasteiger charge is 2.55. The van der Waals surface area contributed by atoms with Crippen molar-refractivity contribution in [3.05, 3.63) is 21.8 Å². The average Bonchev–Trinajstić information content (AvgIpc) is 1.62. The number of aliphatic hydroxyl groups excluding tert-OH is 2. The molecule has 9 radical (unpaired) electrons. The Labute approximate surface area is 742 Å². The molecule has 119 heavy (non-hydrogen) atoms. The lowest BCUT2D eigenvalue weighted by Gasteiger charge is -2.35. The van der Waals surface area contributed by atoms with Crippen molar-refractivity contribution in [2.75, 3.05) is 95.6 Å². The fourth-order valence-electron chi connectivity index (χ4n) is 21.3. The standard InChI is InChI=1S/C12H19NO4.C12H21NO2.C11H16O2.C10H17NO2.C10H15NO.C8H16O6S2.C7H10O.C6H10Br2.C6H12O2.CH4.B7.ClH/c1-2-17-11(14)7-12(8-13(15)16)5-9-3-4-10(9)6-12;1-2-15-11(14)7-12(8-13)5-9-3-4-10(9)6-12;1-2-13-11(12)7-8-5-9-3-4-10(9)6-8;11-6-10(5-9(12)13)3-7-1-2-8(7)4-10;12-9-5-10(6-11-9)3-7-1-2-8(7)4-10;1-15(9,10)13-5-7-3-4-8(7)6-14-16(2,11)12;8-7-3-5-1-2-6(5)4-7;2*7-3-5-1-2-6(5)4-8;;1-5-7(4)6(2)3;/h9-10H,2-8H2,1H3;9-10H,2-8,13H2,1H3;7,9-10H,2-6H2,1H3;7-8H,1-6,11H2,(H,12,13);7-8H,1-6H2,(H,11,12);7-8H,3-6H2,1-2H3;2*5-6H,1-4H2;5-8H,1-4H2;1H4;;1H/t3*9-,10-;7-,8+,10?;2*7-,8-;3*5-,6-;;;/m000.00000.../s1. The van der Waals surface area contributed by atoms with Crippen molar-refractivity contribution in [1.29, 1.82) is 0 Å². The molecule has 1 unspecified atom stereocenters. The summed E-state index contributed by atoms with van der Waals surface area (Å²) >= 11 is 6.97. The number of hydrogen-bond acceptors (Lipinski definition) is 21. The van der Waals surface area contributed by atoms with E-state index in [1.807, 2.05) is 13.8 Å². The number of rotatable bonds is 26. The molecule has 1 saturated heterocycles. The summed E-state index contributed by atoms with van der Waals surface area (Å²) in [5.41, 5.74) is 12.9. The second-order valence-corrected chi connectivity index (χ2v) is 42.4. The number of nitro groups is 1. The predicted octanol–water partition coefficient (Wildman–Crippen LogP) is 11.1. The average molecular weight is 1850 g/mol. The van der Waals surface area contributed by atoms with Crippen LogP contribution in [0, 0.1) is 138 Å². The Morgan fingerprint density at radius 2 is 0.891 bits per heavy atom. The van der Waals surface area contributed by atoms with Crippen LogP contribution in [0.1, 0.15) is 247 Å². The van der Waals surface area contributed by atoms with Gasteiger partial charge in [0.1, 0.15) is 5.78 Å². The Morgan fingerprint density at radius 3 is 1.14 bits per heavy atom. The maximum absolute atomic E-state index is 11.6. The first-order valence-electron chi connectivity index (χ1n) is 44.0. The lowest BCUT2D eigenvalue weighted by atomic mass is 8.76. The molecular weight excluding hydrogens is 1710 g/mol. The largest absolute Gasteiger partial charge is 0.481 e. The van der Waals surface area contributed by atoms with Crippen LogP contribution in [0.3, 0.4) is 0 Å². The number of allylic oxidation sites excluding steroid dienone is 1.